The van der Waals surface area contributed by atoms with Gasteiger partial charge in [-0.3, -0.25) is 29.6 Å². The molecule has 0 aromatic carbocycles. The summed E-state index contributed by atoms with van der Waals surface area (Å²) in [5.74, 6) is -1.40. The molecule has 2 saturated heterocycles. The van der Waals surface area contributed by atoms with Gasteiger partial charge in [-0.25, -0.2) is 4.98 Å². The van der Waals surface area contributed by atoms with E-state index in [1.54, 1.807) is 12.1 Å². The lowest BCUT2D eigenvalue weighted by Gasteiger charge is -2.20. The first-order chi connectivity index (χ1) is 17.9. The normalized spacial score (nSPS) is 22.5. The first-order valence-corrected chi connectivity index (χ1v) is 13.0. The van der Waals surface area contributed by atoms with Crippen molar-refractivity contribution in [3.63, 3.8) is 0 Å². The molecule has 0 bridgehead atoms. The van der Waals surface area contributed by atoms with Crippen LogP contribution in [0.4, 0.5) is 13.2 Å². The zero-order chi connectivity index (χ0) is 27.1. The maximum Gasteiger partial charge on any atom is 0.433 e. The number of hydrogen-bond donors (Lipinski definition) is 1. The van der Waals surface area contributed by atoms with E-state index in [4.69, 9.17) is 0 Å². The van der Waals surface area contributed by atoms with Crippen LogP contribution in [0.2, 0.25) is 0 Å². The number of alkyl halides is 3. The van der Waals surface area contributed by atoms with Crippen molar-refractivity contribution < 1.29 is 27.6 Å². The third kappa shape index (κ3) is 3.72. The molecular formula is C26H24F3N5O3S. The molecule has 2 aliphatic heterocycles. The molecule has 38 heavy (non-hydrogen) atoms. The fourth-order valence-electron chi connectivity index (χ4n) is 5.69. The number of piperidine rings is 1. The van der Waals surface area contributed by atoms with Gasteiger partial charge in [0.25, 0.3) is 5.91 Å². The lowest BCUT2D eigenvalue weighted by Crippen LogP contribution is -2.35. The molecular weight excluding hydrogens is 519 g/mol. The van der Waals surface area contributed by atoms with Gasteiger partial charge >= 0.3 is 6.18 Å². The number of pyridine rings is 2. The van der Waals surface area contributed by atoms with Crippen LogP contribution in [0.15, 0.2) is 24.4 Å². The summed E-state index contributed by atoms with van der Waals surface area (Å²) in [6.45, 7) is 6.69. The summed E-state index contributed by atoms with van der Waals surface area (Å²) in [5.41, 5.74) is -0.346. The van der Waals surface area contributed by atoms with Crippen LogP contribution in [0.1, 0.15) is 40.3 Å². The Bertz CT molecular complexity index is 1500. The van der Waals surface area contributed by atoms with Crippen LogP contribution in [0, 0.1) is 24.2 Å². The molecule has 2 unspecified atom stereocenters. The van der Waals surface area contributed by atoms with Crippen molar-refractivity contribution in [1.29, 1.82) is 0 Å². The van der Waals surface area contributed by atoms with Crippen LogP contribution in [-0.4, -0.2) is 57.2 Å². The van der Waals surface area contributed by atoms with Gasteiger partial charge in [-0.05, 0) is 36.1 Å². The number of imide groups is 1. The molecule has 12 heteroatoms. The van der Waals surface area contributed by atoms with E-state index in [0.717, 1.165) is 6.07 Å². The summed E-state index contributed by atoms with van der Waals surface area (Å²) >= 11 is 1.23. The van der Waals surface area contributed by atoms with Crippen molar-refractivity contribution in [2.75, 3.05) is 19.8 Å². The summed E-state index contributed by atoms with van der Waals surface area (Å²) in [5, 5.41) is 3.06. The summed E-state index contributed by atoms with van der Waals surface area (Å²) in [7, 11) is 0. The third-order valence-electron chi connectivity index (χ3n) is 7.79. The Morgan fingerprint density at radius 3 is 2.55 bits per heavy atom. The lowest BCUT2D eigenvalue weighted by atomic mass is 9.99. The van der Waals surface area contributed by atoms with Gasteiger partial charge in [0.1, 0.15) is 5.69 Å². The van der Waals surface area contributed by atoms with E-state index in [0.29, 0.717) is 40.4 Å². The van der Waals surface area contributed by atoms with Crippen molar-refractivity contribution in [3.05, 3.63) is 46.1 Å². The predicted octanol–water partition coefficient (Wildman–Crippen LogP) is 3.83. The Kier molecular flexibility index (Phi) is 5.45. The van der Waals surface area contributed by atoms with E-state index in [2.05, 4.69) is 15.3 Å². The first kappa shape index (κ1) is 24.9. The Balaban J connectivity index is 1.43. The van der Waals surface area contributed by atoms with Gasteiger partial charge in [-0.2, -0.15) is 13.2 Å². The highest BCUT2D eigenvalue weighted by atomic mass is 32.1. The molecule has 3 aromatic rings. The summed E-state index contributed by atoms with van der Waals surface area (Å²) < 4.78 is 41.8. The standard InChI is InChI=1S/C26H24F3N5O3S/c1-12-8-16(26(27,28)29)32-20(17(12)22(35)33-7-6-30-11-33)14-4-5-31-15-9-13(38-21(14)15)10-34-23(36)18-19(24(34)37)25(18,2)3/h4-5,8-9,18-19,30H,6-7,10-11H2,1-3H3. The average Bonchev–Trinajstić information content (AvgIpc) is 3.32. The van der Waals surface area contributed by atoms with Crippen molar-refractivity contribution in [3.8, 4) is 11.3 Å². The molecule has 5 heterocycles. The summed E-state index contributed by atoms with van der Waals surface area (Å²) in [6, 6.07) is 4.18. The van der Waals surface area contributed by atoms with E-state index < -0.39 is 17.8 Å². The largest absolute Gasteiger partial charge is 0.433 e. The fourth-order valence-corrected chi connectivity index (χ4v) is 6.81. The summed E-state index contributed by atoms with van der Waals surface area (Å²) in [6.07, 6.45) is -3.24. The molecule has 0 radical (unpaired) electrons. The van der Waals surface area contributed by atoms with E-state index >= 15 is 0 Å². The first-order valence-electron chi connectivity index (χ1n) is 12.2. The maximum absolute atomic E-state index is 13.8. The summed E-state index contributed by atoms with van der Waals surface area (Å²) in [4.78, 5) is 50.9. The van der Waals surface area contributed by atoms with Gasteiger partial charge < -0.3 is 4.90 Å². The number of carbonyl (C=O) groups excluding carboxylic acids is 3. The quantitative estimate of drug-likeness (QED) is 0.503. The number of rotatable bonds is 4. The number of aryl methyl sites for hydroxylation is 1. The zero-order valence-electron chi connectivity index (χ0n) is 20.8. The van der Waals surface area contributed by atoms with Crippen LogP contribution in [-0.2, 0) is 22.3 Å². The number of likely N-dealkylation sites (tertiary alicyclic amines) is 1. The van der Waals surface area contributed by atoms with E-state index in [1.165, 1.54) is 34.3 Å². The molecule has 3 fully saturated rings. The molecule has 1 N–H and O–H groups in total. The van der Waals surface area contributed by atoms with E-state index in [-0.39, 0.29) is 52.4 Å². The van der Waals surface area contributed by atoms with Crippen LogP contribution >= 0.6 is 11.3 Å². The highest BCUT2D eigenvalue weighted by Gasteiger charge is 2.72. The number of nitrogens with zero attached hydrogens (tertiary/aromatic N) is 4. The number of fused-ring (bicyclic) bond motifs is 2. The molecule has 1 saturated carbocycles. The molecule has 2 atom stereocenters. The highest BCUT2D eigenvalue weighted by Crippen LogP contribution is 2.63. The number of thiophene rings is 1. The SMILES string of the molecule is Cc1cc(C(F)(F)F)nc(-c2ccnc3cc(CN4C(=O)C5C(C4=O)C5(C)C)sc23)c1C(=O)N1CCNC1. The van der Waals surface area contributed by atoms with Gasteiger partial charge in [0.05, 0.1) is 46.5 Å². The monoisotopic (exact) mass is 543 g/mol. The topological polar surface area (TPSA) is 95.5 Å². The van der Waals surface area contributed by atoms with E-state index in [9.17, 15) is 27.6 Å². The molecule has 0 spiro atoms. The number of amides is 3. The fraction of sp³-hybridized carbons (Fsp3) is 0.423. The Morgan fingerprint density at radius 2 is 1.92 bits per heavy atom. The van der Waals surface area contributed by atoms with Gasteiger partial charge in [-0.15, -0.1) is 11.3 Å². The lowest BCUT2D eigenvalue weighted by molar-refractivity contribution is -0.144. The molecule has 6 rings (SSSR count). The number of nitrogens with one attached hydrogen (secondary N) is 1. The van der Waals surface area contributed by atoms with Crippen LogP contribution < -0.4 is 5.32 Å². The Morgan fingerprint density at radius 1 is 1.21 bits per heavy atom. The molecule has 198 valence electrons. The maximum atomic E-state index is 13.8. The molecule has 3 amide bonds. The number of hydrogen-bond acceptors (Lipinski definition) is 7. The highest BCUT2D eigenvalue weighted by molar-refractivity contribution is 7.19. The second-order valence-corrected chi connectivity index (χ2v) is 11.7. The van der Waals surface area contributed by atoms with Gasteiger partial charge in [0.2, 0.25) is 11.8 Å². The van der Waals surface area contributed by atoms with Crippen LogP contribution in [0.25, 0.3) is 21.5 Å². The minimum absolute atomic E-state index is 0.0636. The molecule has 3 aliphatic rings. The average molecular weight is 544 g/mol. The minimum atomic E-state index is -4.70. The smallest absolute Gasteiger partial charge is 0.325 e. The van der Waals surface area contributed by atoms with Crippen LogP contribution in [0.5, 0.6) is 0 Å². The van der Waals surface area contributed by atoms with Crippen molar-refractivity contribution in [2.45, 2.75) is 33.5 Å². The van der Waals surface area contributed by atoms with Crippen molar-refractivity contribution >= 4 is 39.3 Å². The van der Waals surface area contributed by atoms with Crippen molar-refractivity contribution in [2.24, 2.45) is 17.3 Å². The predicted molar refractivity (Wildman–Crippen MR) is 133 cm³/mol. The Labute approximate surface area is 219 Å². The number of halogens is 3. The molecule has 3 aromatic heterocycles. The second-order valence-electron chi connectivity index (χ2n) is 10.6. The van der Waals surface area contributed by atoms with Gasteiger partial charge in [0, 0.05) is 29.7 Å². The van der Waals surface area contributed by atoms with Crippen molar-refractivity contribution in [1.82, 2.24) is 25.1 Å². The third-order valence-corrected chi connectivity index (χ3v) is 8.94. The number of carbonyl (C=O) groups is 3. The number of aromatic nitrogens is 2. The molecule has 8 nitrogen and oxygen atoms in total. The molecule has 1 aliphatic carbocycles. The second kappa shape index (κ2) is 8.31. The van der Waals surface area contributed by atoms with E-state index in [1.807, 2.05) is 13.8 Å². The Hall–Kier alpha value is -3.38. The van der Waals surface area contributed by atoms with Gasteiger partial charge in [0.15, 0.2) is 0 Å². The van der Waals surface area contributed by atoms with Crippen LogP contribution in [0.3, 0.4) is 0 Å². The minimum Gasteiger partial charge on any atom is -0.325 e. The van der Waals surface area contributed by atoms with Gasteiger partial charge in [-0.1, -0.05) is 13.8 Å². The zero-order valence-corrected chi connectivity index (χ0v) is 21.7.